The lowest BCUT2D eigenvalue weighted by Crippen LogP contribution is -2.46. The lowest BCUT2D eigenvalue weighted by Gasteiger charge is -2.24. The Bertz CT molecular complexity index is 764. The summed E-state index contributed by atoms with van der Waals surface area (Å²) in [7, 11) is 1.64. The molecule has 0 aliphatic heterocycles. The van der Waals surface area contributed by atoms with E-state index in [4.69, 9.17) is 9.47 Å². The Labute approximate surface area is 159 Å². The fraction of sp³-hybridized carbons (Fsp3) is 0.409. The molecule has 4 rings (SSSR count). The first-order valence-corrected chi connectivity index (χ1v) is 9.48. The maximum Gasteiger partial charge on any atom is 0.407 e. The van der Waals surface area contributed by atoms with Crippen molar-refractivity contribution >= 4 is 6.09 Å². The monoisotopic (exact) mass is 367 g/mol. The molecule has 0 unspecified atom stereocenters. The zero-order valence-corrected chi connectivity index (χ0v) is 15.4. The van der Waals surface area contributed by atoms with Crippen molar-refractivity contribution in [1.29, 1.82) is 0 Å². The molecule has 2 aliphatic rings. The van der Waals surface area contributed by atoms with Gasteiger partial charge in [-0.3, -0.25) is 0 Å². The number of alkyl carbamates (subject to hydrolysis) is 1. The minimum absolute atomic E-state index is 0.00966. The van der Waals surface area contributed by atoms with Gasteiger partial charge in [0, 0.05) is 25.6 Å². The first-order valence-electron chi connectivity index (χ1n) is 9.48. The molecule has 2 aliphatic carbocycles. The number of fused-ring (bicyclic) bond motifs is 3. The first kappa shape index (κ1) is 18.0. The summed E-state index contributed by atoms with van der Waals surface area (Å²) in [6.45, 7) is 0.322. The van der Waals surface area contributed by atoms with Crippen molar-refractivity contribution in [3.63, 3.8) is 0 Å². The van der Waals surface area contributed by atoms with Crippen molar-refractivity contribution in [2.24, 2.45) is 5.92 Å². The second kappa shape index (κ2) is 7.71. The molecule has 2 N–H and O–H groups in total. The lowest BCUT2D eigenvalue weighted by atomic mass is 9.98. The summed E-state index contributed by atoms with van der Waals surface area (Å²) >= 11 is 0. The molecule has 0 saturated heterocycles. The van der Waals surface area contributed by atoms with Crippen LogP contribution < -0.4 is 5.32 Å². The molecule has 0 radical (unpaired) electrons. The second-order valence-electron chi connectivity index (χ2n) is 7.29. The highest BCUT2D eigenvalue weighted by Crippen LogP contribution is 2.44. The highest BCUT2D eigenvalue weighted by Gasteiger charge is 2.37. The highest BCUT2D eigenvalue weighted by atomic mass is 16.5. The molecule has 0 heterocycles. The van der Waals surface area contributed by atoms with Gasteiger partial charge in [0.15, 0.2) is 0 Å². The van der Waals surface area contributed by atoms with E-state index in [1.165, 1.54) is 22.3 Å². The number of amides is 1. The van der Waals surface area contributed by atoms with Crippen LogP contribution in [0.15, 0.2) is 48.5 Å². The van der Waals surface area contributed by atoms with Crippen LogP contribution in [0.5, 0.6) is 0 Å². The molecule has 0 bridgehead atoms. The van der Waals surface area contributed by atoms with Gasteiger partial charge in [-0.15, -0.1) is 0 Å². The van der Waals surface area contributed by atoms with E-state index in [0.29, 0.717) is 0 Å². The number of rotatable bonds is 5. The molecule has 142 valence electrons. The van der Waals surface area contributed by atoms with Gasteiger partial charge in [-0.25, -0.2) is 4.79 Å². The van der Waals surface area contributed by atoms with Gasteiger partial charge in [-0.2, -0.15) is 0 Å². The van der Waals surface area contributed by atoms with Crippen molar-refractivity contribution in [2.75, 3.05) is 20.3 Å². The van der Waals surface area contributed by atoms with Crippen LogP contribution in [0.1, 0.15) is 29.9 Å². The summed E-state index contributed by atoms with van der Waals surface area (Å²) in [5, 5.41) is 12.4. The van der Waals surface area contributed by atoms with Crippen LogP contribution in [0.25, 0.3) is 11.1 Å². The molecule has 27 heavy (non-hydrogen) atoms. The topological polar surface area (TPSA) is 67.8 Å². The van der Waals surface area contributed by atoms with E-state index in [0.717, 1.165) is 12.8 Å². The SMILES string of the molecule is CO[C@H]1CC[C@@H](CO)[C@@H]1NC(=O)OCC1c2ccccc2-c2ccccc21. The molecule has 1 amide bonds. The minimum Gasteiger partial charge on any atom is -0.449 e. The third kappa shape index (κ3) is 3.33. The van der Waals surface area contributed by atoms with Crippen molar-refractivity contribution in [2.45, 2.75) is 30.9 Å². The van der Waals surface area contributed by atoms with E-state index in [1.807, 2.05) is 24.3 Å². The number of nitrogens with one attached hydrogen (secondary N) is 1. The highest BCUT2D eigenvalue weighted by molar-refractivity contribution is 5.79. The summed E-state index contributed by atoms with van der Waals surface area (Å²) in [6.07, 6.45) is 1.13. The number of hydrogen-bond acceptors (Lipinski definition) is 4. The summed E-state index contributed by atoms with van der Waals surface area (Å²) in [6, 6.07) is 16.3. The van der Waals surface area contributed by atoms with Gasteiger partial charge in [0.05, 0.1) is 12.1 Å². The van der Waals surface area contributed by atoms with Crippen LogP contribution in [0.4, 0.5) is 4.79 Å². The average Bonchev–Trinajstić information content (AvgIpc) is 3.24. The summed E-state index contributed by atoms with van der Waals surface area (Å²) in [4.78, 5) is 12.4. The zero-order chi connectivity index (χ0) is 18.8. The van der Waals surface area contributed by atoms with Gasteiger partial charge in [-0.05, 0) is 35.1 Å². The van der Waals surface area contributed by atoms with Gasteiger partial charge >= 0.3 is 6.09 Å². The number of ether oxygens (including phenoxy) is 2. The molecule has 2 aromatic carbocycles. The van der Waals surface area contributed by atoms with E-state index in [9.17, 15) is 9.90 Å². The van der Waals surface area contributed by atoms with Crippen LogP contribution in [-0.4, -0.2) is 43.7 Å². The maximum atomic E-state index is 12.4. The summed E-state index contributed by atoms with van der Waals surface area (Å²) in [5.74, 6) is 0.0500. The first-order chi connectivity index (χ1) is 13.2. The third-order valence-electron chi connectivity index (χ3n) is 5.90. The number of carbonyl (C=O) groups is 1. The third-order valence-corrected chi connectivity index (χ3v) is 5.90. The second-order valence-corrected chi connectivity index (χ2v) is 7.29. The van der Waals surface area contributed by atoms with E-state index in [2.05, 4.69) is 29.6 Å². The zero-order valence-electron chi connectivity index (χ0n) is 15.4. The normalized spacial score (nSPS) is 23.7. The molecular weight excluding hydrogens is 342 g/mol. The fourth-order valence-corrected chi connectivity index (χ4v) is 4.50. The van der Waals surface area contributed by atoms with Gasteiger partial charge in [0.1, 0.15) is 6.61 Å². The molecule has 2 aromatic rings. The number of aliphatic hydroxyl groups excluding tert-OH is 1. The van der Waals surface area contributed by atoms with E-state index >= 15 is 0 Å². The smallest absolute Gasteiger partial charge is 0.407 e. The van der Waals surface area contributed by atoms with E-state index in [-0.39, 0.29) is 37.2 Å². The average molecular weight is 367 g/mol. The summed E-state index contributed by atoms with van der Waals surface area (Å²) in [5.41, 5.74) is 4.79. The Morgan fingerprint density at radius 1 is 1.07 bits per heavy atom. The molecule has 1 saturated carbocycles. The van der Waals surface area contributed by atoms with Crippen LogP contribution in [0.2, 0.25) is 0 Å². The Morgan fingerprint density at radius 2 is 1.70 bits per heavy atom. The molecule has 1 fully saturated rings. The Hall–Kier alpha value is -2.37. The van der Waals surface area contributed by atoms with Gasteiger partial charge in [0.25, 0.3) is 0 Å². The Balaban J connectivity index is 1.45. The molecular formula is C22H25NO4. The molecule has 5 nitrogen and oxygen atoms in total. The number of benzene rings is 2. The fourth-order valence-electron chi connectivity index (χ4n) is 4.50. The van der Waals surface area contributed by atoms with Gasteiger partial charge in [0.2, 0.25) is 0 Å². The van der Waals surface area contributed by atoms with Crippen LogP contribution >= 0.6 is 0 Å². The largest absolute Gasteiger partial charge is 0.449 e. The number of methoxy groups -OCH3 is 1. The Morgan fingerprint density at radius 3 is 2.30 bits per heavy atom. The van der Waals surface area contributed by atoms with Crippen LogP contribution in [-0.2, 0) is 9.47 Å². The minimum atomic E-state index is -0.454. The van der Waals surface area contributed by atoms with Crippen LogP contribution in [0, 0.1) is 5.92 Å². The molecule has 5 heteroatoms. The Kier molecular flexibility index (Phi) is 5.14. The lowest BCUT2D eigenvalue weighted by molar-refractivity contribution is 0.0638. The number of carbonyl (C=O) groups excluding carboxylic acids is 1. The molecule has 0 spiro atoms. The molecule has 3 atom stereocenters. The number of hydrogen-bond donors (Lipinski definition) is 2. The predicted molar refractivity (Wildman–Crippen MR) is 103 cm³/mol. The van der Waals surface area contributed by atoms with Gasteiger partial charge in [-0.1, -0.05) is 48.5 Å². The van der Waals surface area contributed by atoms with Gasteiger partial charge < -0.3 is 19.9 Å². The van der Waals surface area contributed by atoms with Crippen molar-refractivity contribution < 1.29 is 19.4 Å². The van der Waals surface area contributed by atoms with E-state index in [1.54, 1.807) is 7.11 Å². The van der Waals surface area contributed by atoms with Crippen LogP contribution in [0.3, 0.4) is 0 Å². The van der Waals surface area contributed by atoms with Crippen molar-refractivity contribution in [1.82, 2.24) is 5.32 Å². The number of aliphatic hydroxyl groups is 1. The van der Waals surface area contributed by atoms with Crippen molar-refractivity contribution in [3.05, 3.63) is 59.7 Å². The standard InChI is InChI=1S/C22H25NO4/c1-26-20-11-10-14(12-24)21(20)23-22(25)27-13-19-17-8-4-2-6-15(17)16-7-3-5-9-18(16)19/h2-9,14,19-21,24H,10-13H2,1H3,(H,23,25)/t14-,20-,21-/m0/s1. The van der Waals surface area contributed by atoms with E-state index < -0.39 is 6.09 Å². The quantitative estimate of drug-likeness (QED) is 0.851. The molecule has 0 aromatic heterocycles. The maximum absolute atomic E-state index is 12.4. The summed E-state index contributed by atoms with van der Waals surface area (Å²) < 4.78 is 11.0. The predicted octanol–water partition coefficient (Wildman–Crippen LogP) is 3.31. The van der Waals surface area contributed by atoms with Crippen molar-refractivity contribution in [3.8, 4) is 11.1 Å².